The summed E-state index contributed by atoms with van der Waals surface area (Å²) in [5.74, 6) is 3.80. The minimum absolute atomic E-state index is 0.308. The molecule has 2 aliphatic rings. The van der Waals surface area contributed by atoms with Crippen LogP contribution in [0.4, 0.5) is 0 Å². The Morgan fingerprint density at radius 1 is 0.500 bits per heavy atom. The van der Waals surface area contributed by atoms with Gasteiger partial charge in [-0.3, -0.25) is 0 Å². The second-order valence-corrected chi connectivity index (χ2v) is 8.02. The van der Waals surface area contributed by atoms with Crippen LogP contribution in [0.3, 0.4) is 0 Å². The Kier molecular flexibility index (Phi) is 4.46. The van der Waals surface area contributed by atoms with E-state index in [9.17, 15) is 0 Å². The number of hydrogen-bond donors (Lipinski definition) is 0. The Labute approximate surface area is 135 Å². The van der Waals surface area contributed by atoms with Crippen molar-refractivity contribution in [3.8, 4) is 0 Å². The average Bonchev–Trinajstić information content (AvgIpc) is 2.64. The summed E-state index contributed by atoms with van der Waals surface area (Å²) in [4.78, 5) is 0. The van der Waals surface area contributed by atoms with E-state index in [2.05, 4.69) is 0 Å². The lowest BCUT2D eigenvalue weighted by Crippen LogP contribution is -2.41. The molecule has 0 N–H and O–H groups in total. The molecule has 2 rings (SSSR count). The summed E-state index contributed by atoms with van der Waals surface area (Å²) in [6.07, 6.45) is 3.82. The Hall–Kier alpha value is -0.550. The lowest BCUT2D eigenvalue weighted by atomic mass is 9.87. The molecule has 0 aromatic rings. The van der Waals surface area contributed by atoms with Gasteiger partial charge in [-0.15, -0.1) is 0 Å². The van der Waals surface area contributed by atoms with E-state index in [0.717, 1.165) is 0 Å². The first kappa shape index (κ1) is 17.8. The molecular formula is C16H28B2O4. The Bertz CT molecular complexity index is 405. The zero-order valence-electron chi connectivity index (χ0n) is 15.1. The predicted molar refractivity (Wildman–Crippen MR) is 90.4 cm³/mol. The maximum Gasteiger partial charge on any atom is 0.487 e. The molecule has 0 aromatic carbocycles. The summed E-state index contributed by atoms with van der Waals surface area (Å²) in [5.41, 5.74) is -1.23. The molecule has 0 radical (unpaired) electrons. The van der Waals surface area contributed by atoms with E-state index in [4.69, 9.17) is 18.6 Å². The van der Waals surface area contributed by atoms with Crippen molar-refractivity contribution in [2.75, 3.05) is 0 Å². The van der Waals surface area contributed by atoms with Crippen LogP contribution in [0.15, 0.2) is 24.1 Å². The first-order chi connectivity index (χ1) is 9.86. The van der Waals surface area contributed by atoms with Crippen molar-refractivity contribution in [2.45, 2.75) is 77.8 Å². The molecule has 0 aliphatic carbocycles. The molecule has 0 aromatic heterocycles. The Morgan fingerprint density at radius 3 is 0.955 bits per heavy atom. The van der Waals surface area contributed by atoms with Crippen LogP contribution in [0.5, 0.6) is 0 Å². The van der Waals surface area contributed by atoms with Gasteiger partial charge in [0.1, 0.15) is 0 Å². The normalized spacial score (nSPS) is 29.1. The summed E-state index contributed by atoms with van der Waals surface area (Å²) >= 11 is 0. The van der Waals surface area contributed by atoms with E-state index in [1.165, 1.54) is 0 Å². The molecule has 2 aliphatic heterocycles. The smallest absolute Gasteiger partial charge is 0.400 e. The van der Waals surface area contributed by atoms with Gasteiger partial charge in [-0.1, -0.05) is 24.1 Å². The fourth-order valence-electron chi connectivity index (χ4n) is 2.24. The summed E-state index contributed by atoms with van der Waals surface area (Å²) in [6.45, 7) is 16.3. The lowest BCUT2D eigenvalue weighted by Gasteiger charge is -2.32. The Morgan fingerprint density at radius 2 is 0.727 bits per heavy atom. The third-order valence-corrected chi connectivity index (χ3v) is 5.19. The quantitative estimate of drug-likeness (QED) is 0.592. The lowest BCUT2D eigenvalue weighted by molar-refractivity contribution is 0.00578. The molecule has 0 spiro atoms. The molecule has 2 heterocycles. The molecular weight excluding hydrogens is 278 g/mol. The molecule has 0 amide bonds. The number of rotatable bonds is 3. The Balaban J connectivity index is 1.90. The van der Waals surface area contributed by atoms with Crippen molar-refractivity contribution in [2.24, 2.45) is 0 Å². The van der Waals surface area contributed by atoms with Crippen molar-refractivity contribution in [1.29, 1.82) is 0 Å². The first-order valence-electron chi connectivity index (χ1n) is 7.93. The van der Waals surface area contributed by atoms with Gasteiger partial charge in [0.15, 0.2) is 0 Å². The summed E-state index contributed by atoms with van der Waals surface area (Å²) in [5, 5.41) is 0. The van der Waals surface area contributed by atoms with E-state index < -0.39 is 0 Å². The highest BCUT2D eigenvalue weighted by Crippen LogP contribution is 2.37. The molecule has 0 bridgehead atoms. The van der Waals surface area contributed by atoms with E-state index in [1.54, 1.807) is 0 Å². The van der Waals surface area contributed by atoms with Gasteiger partial charge in [0.2, 0.25) is 0 Å². The minimum Gasteiger partial charge on any atom is -0.400 e. The SMILES string of the molecule is CC1(C)OB(/C=C\C=C\B2OC(C)(C)C(C)(C)O2)OC1(C)C. The molecule has 6 heteroatoms. The topological polar surface area (TPSA) is 36.9 Å². The highest BCUT2D eigenvalue weighted by Gasteiger charge is 2.51. The van der Waals surface area contributed by atoms with Crippen molar-refractivity contribution >= 4 is 14.2 Å². The van der Waals surface area contributed by atoms with Gasteiger partial charge in [0.05, 0.1) is 22.4 Å². The van der Waals surface area contributed by atoms with Crippen molar-refractivity contribution in [3.05, 3.63) is 24.1 Å². The third kappa shape index (κ3) is 3.35. The molecule has 0 atom stereocenters. The van der Waals surface area contributed by atoms with Gasteiger partial charge in [0.25, 0.3) is 0 Å². The van der Waals surface area contributed by atoms with Gasteiger partial charge in [0, 0.05) is 0 Å². The van der Waals surface area contributed by atoms with Gasteiger partial charge >= 0.3 is 14.2 Å². The van der Waals surface area contributed by atoms with E-state index in [0.29, 0.717) is 0 Å². The van der Waals surface area contributed by atoms with Crippen LogP contribution < -0.4 is 0 Å². The zero-order valence-corrected chi connectivity index (χ0v) is 15.1. The second kappa shape index (κ2) is 5.52. The maximum absolute atomic E-state index is 5.90. The number of hydrogen-bond acceptors (Lipinski definition) is 4. The zero-order chi connectivity index (χ0) is 16.8. The average molecular weight is 306 g/mol. The van der Waals surface area contributed by atoms with Crippen molar-refractivity contribution in [1.82, 2.24) is 0 Å². The summed E-state index contributed by atoms with van der Waals surface area (Å²) in [7, 11) is -0.652. The van der Waals surface area contributed by atoms with Crippen LogP contribution in [0.2, 0.25) is 0 Å². The molecule has 0 saturated carbocycles. The van der Waals surface area contributed by atoms with Crippen LogP contribution in [0.25, 0.3) is 0 Å². The largest absolute Gasteiger partial charge is 0.487 e. The van der Waals surface area contributed by atoms with E-state index >= 15 is 0 Å². The van der Waals surface area contributed by atoms with Gasteiger partial charge in [-0.25, -0.2) is 0 Å². The second-order valence-electron chi connectivity index (χ2n) is 8.02. The fourth-order valence-corrected chi connectivity index (χ4v) is 2.24. The molecule has 4 nitrogen and oxygen atoms in total. The highest BCUT2D eigenvalue weighted by atomic mass is 16.7. The predicted octanol–water partition coefficient (Wildman–Crippen LogP) is 3.36. The van der Waals surface area contributed by atoms with Gasteiger partial charge < -0.3 is 18.6 Å². The monoisotopic (exact) mass is 306 g/mol. The van der Waals surface area contributed by atoms with Gasteiger partial charge in [-0.05, 0) is 55.4 Å². The fraction of sp³-hybridized carbons (Fsp3) is 0.750. The van der Waals surface area contributed by atoms with Crippen LogP contribution in [0, 0.1) is 0 Å². The minimum atomic E-state index is -0.326. The first-order valence-corrected chi connectivity index (χ1v) is 7.93. The van der Waals surface area contributed by atoms with Crippen LogP contribution in [0.1, 0.15) is 55.4 Å². The molecule has 2 saturated heterocycles. The van der Waals surface area contributed by atoms with Gasteiger partial charge in [-0.2, -0.15) is 0 Å². The molecule has 22 heavy (non-hydrogen) atoms. The van der Waals surface area contributed by atoms with Crippen molar-refractivity contribution in [3.63, 3.8) is 0 Å². The maximum atomic E-state index is 5.90. The van der Waals surface area contributed by atoms with E-state index in [1.807, 2.05) is 79.5 Å². The summed E-state index contributed by atoms with van der Waals surface area (Å²) < 4.78 is 23.6. The molecule has 122 valence electrons. The number of allylic oxidation sites excluding steroid dienone is 2. The van der Waals surface area contributed by atoms with Crippen LogP contribution in [-0.4, -0.2) is 36.6 Å². The molecule has 2 fully saturated rings. The van der Waals surface area contributed by atoms with Crippen LogP contribution in [-0.2, 0) is 18.6 Å². The highest BCUT2D eigenvalue weighted by molar-refractivity contribution is 6.52. The molecule has 0 unspecified atom stereocenters. The van der Waals surface area contributed by atoms with Crippen LogP contribution >= 0.6 is 0 Å². The van der Waals surface area contributed by atoms with Crippen molar-refractivity contribution < 1.29 is 18.6 Å². The van der Waals surface area contributed by atoms with E-state index in [-0.39, 0.29) is 36.6 Å². The third-order valence-electron chi connectivity index (χ3n) is 5.19. The summed E-state index contributed by atoms with van der Waals surface area (Å²) in [6, 6.07) is 0. The standard InChI is InChI=1S/C16H28B2O4/c1-13(2)14(3,4)20-17(19-13)11-9-10-12-18-21-15(5,6)16(7,8)22-18/h9-12H,1-8H3/b11-9-,12-10+.